The van der Waals surface area contributed by atoms with E-state index in [1.165, 1.54) is 5.56 Å². The summed E-state index contributed by atoms with van der Waals surface area (Å²) in [6.07, 6.45) is 0.923. The summed E-state index contributed by atoms with van der Waals surface area (Å²) >= 11 is 0. The molecule has 1 fully saturated rings. The largest absolute Gasteiger partial charge is 0.493 e. The molecule has 7 heteroatoms. The van der Waals surface area contributed by atoms with Crippen LogP contribution in [0.5, 0.6) is 17.2 Å². The van der Waals surface area contributed by atoms with Crippen molar-refractivity contribution < 1.29 is 19.0 Å². The molecule has 2 aromatic rings. The molecule has 2 aliphatic heterocycles. The topological polar surface area (TPSA) is 63.3 Å². The van der Waals surface area contributed by atoms with E-state index in [0.717, 1.165) is 45.7 Å². The maximum Gasteiger partial charge on any atom is 0.251 e. The van der Waals surface area contributed by atoms with Crippen LogP contribution in [0.3, 0.4) is 0 Å². The molecule has 0 spiro atoms. The first-order valence-corrected chi connectivity index (χ1v) is 11.0. The lowest BCUT2D eigenvalue weighted by molar-refractivity contribution is 0.0945. The zero-order chi connectivity index (χ0) is 21.5. The highest BCUT2D eigenvalue weighted by Crippen LogP contribution is 2.40. The normalized spacial score (nSPS) is 16.7. The summed E-state index contributed by atoms with van der Waals surface area (Å²) < 4.78 is 16.6. The summed E-state index contributed by atoms with van der Waals surface area (Å²) in [6, 6.07) is 14.1. The van der Waals surface area contributed by atoms with Gasteiger partial charge >= 0.3 is 0 Å². The summed E-state index contributed by atoms with van der Waals surface area (Å²) in [7, 11) is 1.56. The van der Waals surface area contributed by atoms with Gasteiger partial charge in [0.25, 0.3) is 5.91 Å². The number of nitrogens with one attached hydrogen (secondary N) is 1. The number of rotatable bonds is 8. The molecule has 0 aliphatic carbocycles. The third kappa shape index (κ3) is 5.68. The molecule has 2 aliphatic rings. The van der Waals surface area contributed by atoms with Crippen molar-refractivity contribution >= 4 is 5.91 Å². The minimum absolute atomic E-state index is 0.122. The van der Waals surface area contributed by atoms with Crippen molar-refractivity contribution in [1.82, 2.24) is 15.1 Å². The third-order valence-corrected chi connectivity index (χ3v) is 5.74. The van der Waals surface area contributed by atoms with Crippen LogP contribution >= 0.6 is 0 Å². The van der Waals surface area contributed by atoms with Gasteiger partial charge in [0.15, 0.2) is 11.5 Å². The van der Waals surface area contributed by atoms with Gasteiger partial charge in [-0.2, -0.15) is 0 Å². The summed E-state index contributed by atoms with van der Waals surface area (Å²) in [5, 5.41) is 3.01. The highest BCUT2D eigenvalue weighted by Gasteiger charge is 2.21. The van der Waals surface area contributed by atoms with E-state index < -0.39 is 0 Å². The Hall–Kier alpha value is -2.77. The highest BCUT2D eigenvalue weighted by molar-refractivity contribution is 5.95. The number of nitrogens with zero attached hydrogens (tertiary/aromatic N) is 2. The number of benzene rings is 2. The van der Waals surface area contributed by atoms with E-state index in [-0.39, 0.29) is 5.91 Å². The minimum Gasteiger partial charge on any atom is -0.493 e. The number of hydrogen-bond acceptors (Lipinski definition) is 6. The van der Waals surface area contributed by atoms with Crippen molar-refractivity contribution in [3.63, 3.8) is 0 Å². The Morgan fingerprint density at radius 1 is 1.03 bits per heavy atom. The Morgan fingerprint density at radius 2 is 1.77 bits per heavy atom. The molecular formula is C24H31N3O4. The Balaban J connectivity index is 1.18. The Morgan fingerprint density at radius 3 is 2.55 bits per heavy atom. The zero-order valence-corrected chi connectivity index (χ0v) is 18.1. The quantitative estimate of drug-likeness (QED) is 0.656. The average molecular weight is 426 g/mol. The SMILES string of the molecule is COc1cc(C(=O)NCCCN2CCN(Cc3ccccc3)CC2)cc2c1OCCO2. The second-order valence-corrected chi connectivity index (χ2v) is 7.92. The molecule has 166 valence electrons. The molecule has 0 bridgehead atoms. The van der Waals surface area contributed by atoms with E-state index in [4.69, 9.17) is 14.2 Å². The summed E-state index contributed by atoms with van der Waals surface area (Å²) in [5.41, 5.74) is 1.89. The van der Waals surface area contributed by atoms with Crippen LogP contribution in [0.4, 0.5) is 0 Å². The molecule has 1 amide bonds. The molecule has 1 N–H and O–H groups in total. The number of amides is 1. The first-order valence-electron chi connectivity index (χ1n) is 11.0. The van der Waals surface area contributed by atoms with Crippen molar-refractivity contribution in [3.8, 4) is 17.2 Å². The Bertz CT molecular complexity index is 849. The highest BCUT2D eigenvalue weighted by atomic mass is 16.6. The van der Waals surface area contributed by atoms with E-state index in [2.05, 4.69) is 45.4 Å². The summed E-state index contributed by atoms with van der Waals surface area (Å²) in [5.74, 6) is 1.53. The number of ether oxygens (including phenoxy) is 3. The Kier molecular flexibility index (Phi) is 7.27. The van der Waals surface area contributed by atoms with Crippen molar-refractivity contribution in [3.05, 3.63) is 53.6 Å². The van der Waals surface area contributed by atoms with Crippen LogP contribution in [-0.2, 0) is 6.54 Å². The van der Waals surface area contributed by atoms with Gasteiger partial charge in [-0.1, -0.05) is 30.3 Å². The monoisotopic (exact) mass is 425 g/mol. The fourth-order valence-electron chi connectivity index (χ4n) is 4.02. The smallest absolute Gasteiger partial charge is 0.251 e. The van der Waals surface area contributed by atoms with Crippen molar-refractivity contribution in [1.29, 1.82) is 0 Å². The molecule has 0 aromatic heterocycles. The van der Waals surface area contributed by atoms with Gasteiger partial charge in [-0.25, -0.2) is 0 Å². The molecule has 0 radical (unpaired) electrons. The van der Waals surface area contributed by atoms with Gasteiger partial charge in [0.2, 0.25) is 5.75 Å². The van der Waals surface area contributed by atoms with Gasteiger partial charge in [-0.05, 0) is 30.7 Å². The van der Waals surface area contributed by atoms with Crippen LogP contribution in [0.1, 0.15) is 22.3 Å². The fraction of sp³-hybridized carbons (Fsp3) is 0.458. The predicted molar refractivity (Wildman–Crippen MR) is 119 cm³/mol. The molecule has 0 saturated carbocycles. The second kappa shape index (κ2) is 10.5. The maximum absolute atomic E-state index is 12.6. The average Bonchev–Trinajstić information content (AvgIpc) is 2.82. The minimum atomic E-state index is -0.122. The maximum atomic E-state index is 12.6. The molecule has 0 unspecified atom stereocenters. The molecular weight excluding hydrogens is 394 g/mol. The number of carbonyl (C=O) groups excluding carboxylic acids is 1. The van der Waals surface area contributed by atoms with Crippen molar-refractivity contribution in [2.75, 3.05) is 59.6 Å². The van der Waals surface area contributed by atoms with E-state index in [1.54, 1.807) is 19.2 Å². The van der Waals surface area contributed by atoms with Gasteiger partial charge in [-0.15, -0.1) is 0 Å². The first kappa shape index (κ1) is 21.5. The number of fused-ring (bicyclic) bond motifs is 1. The van der Waals surface area contributed by atoms with Crippen molar-refractivity contribution in [2.45, 2.75) is 13.0 Å². The van der Waals surface area contributed by atoms with Gasteiger partial charge < -0.3 is 24.4 Å². The van der Waals surface area contributed by atoms with E-state index >= 15 is 0 Å². The molecule has 1 saturated heterocycles. The third-order valence-electron chi connectivity index (χ3n) is 5.74. The molecule has 31 heavy (non-hydrogen) atoms. The summed E-state index contributed by atoms with van der Waals surface area (Å²) in [6.45, 7) is 7.90. The molecule has 2 heterocycles. The molecule has 0 atom stereocenters. The van der Waals surface area contributed by atoms with Gasteiger partial charge in [0.1, 0.15) is 13.2 Å². The number of hydrogen-bond donors (Lipinski definition) is 1. The molecule has 2 aromatic carbocycles. The van der Waals surface area contributed by atoms with Crippen LogP contribution in [0.15, 0.2) is 42.5 Å². The van der Waals surface area contributed by atoms with Gasteiger partial charge in [-0.3, -0.25) is 9.69 Å². The number of methoxy groups -OCH3 is 1. The van der Waals surface area contributed by atoms with E-state index in [1.807, 2.05) is 0 Å². The van der Waals surface area contributed by atoms with Crippen molar-refractivity contribution in [2.24, 2.45) is 0 Å². The second-order valence-electron chi connectivity index (χ2n) is 7.92. The van der Waals surface area contributed by atoms with Crippen LogP contribution in [0.25, 0.3) is 0 Å². The van der Waals surface area contributed by atoms with Crippen LogP contribution in [-0.4, -0.2) is 75.3 Å². The van der Waals surface area contributed by atoms with Crippen LogP contribution < -0.4 is 19.5 Å². The van der Waals surface area contributed by atoms with Gasteiger partial charge in [0.05, 0.1) is 7.11 Å². The lowest BCUT2D eigenvalue weighted by Crippen LogP contribution is -2.46. The molecule has 4 rings (SSSR count). The summed E-state index contributed by atoms with van der Waals surface area (Å²) in [4.78, 5) is 17.6. The number of carbonyl (C=O) groups is 1. The lowest BCUT2D eigenvalue weighted by Gasteiger charge is -2.34. The predicted octanol–water partition coefficient (Wildman–Crippen LogP) is 2.40. The fourth-order valence-corrected chi connectivity index (χ4v) is 4.02. The van der Waals surface area contributed by atoms with E-state index in [9.17, 15) is 4.79 Å². The Labute approximate surface area is 183 Å². The van der Waals surface area contributed by atoms with Crippen LogP contribution in [0, 0.1) is 0 Å². The lowest BCUT2D eigenvalue weighted by atomic mass is 10.1. The standard InChI is InChI=1S/C24H31N3O4/c1-29-21-16-20(17-22-23(21)31-15-14-30-22)24(28)25-8-5-9-26-10-12-27(13-11-26)18-19-6-3-2-4-7-19/h2-4,6-7,16-17H,5,8-15,18H2,1H3,(H,25,28). The molecule has 7 nitrogen and oxygen atoms in total. The number of piperazine rings is 1. The van der Waals surface area contributed by atoms with E-state index in [0.29, 0.717) is 42.6 Å². The van der Waals surface area contributed by atoms with Gasteiger partial charge in [0, 0.05) is 44.8 Å². The zero-order valence-electron chi connectivity index (χ0n) is 18.1. The van der Waals surface area contributed by atoms with Crippen LogP contribution in [0.2, 0.25) is 0 Å². The first-order chi connectivity index (χ1) is 15.2.